The number of rotatable bonds is 9. The summed E-state index contributed by atoms with van der Waals surface area (Å²) in [5.41, 5.74) is 6.99. The number of pyridine rings is 2. The molecule has 27 heavy (non-hydrogen) atoms. The summed E-state index contributed by atoms with van der Waals surface area (Å²) < 4.78 is 5.62. The molecule has 0 amide bonds. The average Bonchev–Trinajstić information content (AvgIpc) is 2.66. The molecule has 0 spiro atoms. The third-order valence-corrected chi connectivity index (χ3v) is 3.77. The first-order valence-corrected chi connectivity index (χ1v) is 8.64. The molecule has 0 bridgehead atoms. The number of ether oxygens (including phenoxy) is 1. The Morgan fingerprint density at radius 2 is 2.15 bits per heavy atom. The van der Waals surface area contributed by atoms with E-state index >= 15 is 0 Å². The van der Waals surface area contributed by atoms with E-state index in [1.54, 1.807) is 20.2 Å². The van der Waals surface area contributed by atoms with Gasteiger partial charge in [0.25, 0.3) is 0 Å². The van der Waals surface area contributed by atoms with Crippen LogP contribution in [0.3, 0.4) is 0 Å². The minimum atomic E-state index is 0.303. The number of hydrogen-bond acceptors (Lipinski definition) is 8. The number of nitrogens with zero attached hydrogens (tertiary/aromatic N) is 3. The zero-order valence-corrected chi connectivity index (χ0v) is 16.1. The molecule has 0 atom stereocenters. The molecule has 2 aromatic rings. The lowest BCUT2D eigenvalue weighted by atomic mass is 10.1. The number of hydrogen-bond donors (Lipinski definition) is 4. The minimum Gasteiger partial charge on any atom is -0.477 e. The highest BCUT2D eigenvalue weighted by atomic mass is 16.5. The van der Waals surface area contributed by atoms with Crippen LogP contribution in [0.1, 0.15) is 25.1 Å². The predicted octanol–water partition coefficient (Wildman–Crippen LogP) is 2.88. The van der Waals surface area contributed by atoms with Gasteiger partial charge < -0.3 is 26.3 Å². The summed E-state index contributed by atoms with van der Waals surface area (Å²) in [7, 11) is 1.68. The maximum absolute atomic E-state index is 8.07. The molecule has 0 saturated heterocycles. The van der Waals surface area contributed by atoms with Crippen LogP contribution < -0.4 is 15.5 Å². The van der Waals surface area contributed by atoms with Crippen molar-refractivity contribution in [3.63, 3.8) is 0 Å². The Labute approximate surface area is 159 Å². The van der Waals surface area contributed by atoms with Crippen LogP contribution in [0.2, 0.25) is 0 Å². The zero-order chi connectivity index (χ0) is 19.8. The highest BCUT2D eigenvalue weighted by Crippen LogP contribution is 2.30. The maximum Gasteiger partial charge on any atom is 0.222 e. The van der Waals surface area contributed by atoms with Gasteiger partial charge in [0, 0.05) is 18.9 Å². The lowest BCUT2D eigenvalue weighted by molar-refractivity contribution is 0.328. The van der Waals surface area contributed by atoms with Crippen LogP contribution in [-0.4, -0.2) is 47.8 Å². The molecule has 0 aliphatic heterocycles. The first kappa shape index (κ1) is 20.0. The van der Waals surface area contributed by atoms with E-state index in [0.29, 0.717) is 41.8 Å². The Hall–Kier alpha value is -3.29. The van der Waals surface area contributed by atoms with Gasteiger partial charge in [-0.2, -0.15) is 5.10 Å². The molecule has 2 heterocycles. The molecule has 2 aromatic heterocycles. The first-order chi connectivity index (χ1) is 13.0. The number of aromatic nitrogens is 2. The van der Waals surface area contributed by atoms with Crippen LogP contribution in [-0.2, 0) is 0 Å². The molecule has 0 aliphatic carbocycles. The van der Waals surface area contributed by atoms with Gasteiger partial charge in [0.1, 0.15) is 0 Å². The Morgan fingerprint density at radius 3 is 2.81 bits per heavy atom. The quantitative estimate of drug-likeness (QED) is 0.401. The fraction of sp³-hybridized carbons (Fsp3) is 0.316. The Morgan fingerprint density at radius 1 is 1.37 bits per heavy atom. The smallest absolute Gasteiger partial charge is 0.222 e. The van der Waals surface area contributed by atoms with Gasteiger partial charge in [-0.05, 0) is 44.5 Å². The molecule has 0 aliphatic rings. The van der Waals surface area contributed by atoms with Gasteiger partial charge in [-0.15, -0.1) is 0 Å². The summed E-state index contributed by atoms with van der Waals surface area (Å²) in [6.07, 6.45) is 3.12. The predicted molar refractivity (Wildman–Crippen MR) is 110 cm³/mol. The van der Waals surface area contributed by atoms with E-state index in [1.165, 1.54) is 6.21 Å². The van der Waals surface area contributed by atoms with Crippen LogP contribution >= 0.6 is 0 Å². The summed E-state index contributed by atoms with van der Waals surface area (Å²) in [5.74, 6) is 0.504. The largest absolute Gasteiger partial charge is 0.477 e. The molecule has 0 unspecified atom stereocenters. The molecule has 8 heteroatoms. The van der Waals surface area contributed by atoms with E-state index in [1.807, 2.05) is 32.0 Å². The molecule has 0 fully saturated rings. The van der Waals surface area contributed by atoms with Crippen LogP contribution in [0, 0.1) is 17.7 Å². The summed E-state index contributed by atoms with van der Waals surface area (Å²) in [6, 6.07) is 5.61. The van der Waals surface area contributed by atoms with Crippen LogP contribution in [0.25, 0.3) is 11.3 Å². The second kappa shape index (κ2) is 9.42. The zero-order valence-electron chi connectivity index (χ0n) is 16.1. The van der Waals surface area contributed by atoms with Gasteiger partial charge in [0.05, 0.1) is 47.7 Å². The van der Waals surface area contributed by atoms with Crippen molar-refractivity contribution in [3.05, 3.63) is 35.7 Å². The molecule has 142 valence electrons. The molecular formula is C19H25N7O. The van der Waals surface area contributed by atoms with Crippen LogP contribution in [0.5, 0.6) is 5.88 Å². The van der Waals surface area contributed by atoms with Crippen molar-refractivity contribution >= 4 is 23.3 Å². The molecule has 0 saturated carbocycles. The molecule has 0 aromatic carbocycles. The monoisotopic (exact) mass is 367 g/mol. The molecule has 8 nitrogen and oxygen atoms in total. The van der Waals surface area contributed by atoms with Gasteiger partial charge >= 0.3 is 0 Å². The molecule has 2 rings (SSSR count). The van der Waals surface area contributed by atoms with E-state index in [2.05, 4.69) is 25.8 Å². The molecular weight excluding hydrogens is 342 g/mol. The summed E-state index contributed by atoms with van der Waals surface area (Å²) in [6.45, 7) is 6.32. The van der Waals surface area contributed by atoms with Gasteiger partial charge in [-0.1, -0.05) is 0 Å². The highest BCUT2D eigenvalue weighted by Gasteiger charge is 2.15. The number of anilines is 1. The normalized spacial score (nSPS) is 10.7. The topological polar surface area (TPSA) is 119 Å². The number of nitrogens with one attached hydrogen (secondary N) is 4. The summed E-state index contributed by atoms with van der Waals surface area (Å²) >= 11 is 0. The highest BCUT2D eigenvalue weighted by molar-refractivity contribution is 6.30. The third kappa shape index (κ3) is 5.10. The van der Waals surface area contributed by atoms with Gasteiger partial charge in [-0.25, -0.2) is 9.97 Å². The SMILES string of the molecule is CCOc1ncccc1-c1cc(NCC(=N)/C=N\NC)c(C)c(C(C)=N)n1. The van der Waals surface area contributed by atoms with Crippen LogP contribution in [0.4, 0.5) is 5.69 Å². The van der Waals surface area contributed by atoms with E-state index in [-0.39, 0.29) is 0 Å². The van der Waals surface area contributed by atoms with Crippen molar-refractivity contribution in [3.8, 4) is 17.1 Å². The molecule has 0 radical (unpaired) electrons. The van der Waals surface area contributed by atoms with Gasteiger partial charge in [-0.3, -0.25) is 0 Å². The van der Waals surface area contributed by atoms with Gasteiger partial charge in [0.15, 0.2) is 0 Å². The lowest BCUT2D eigenvalue weighted by Crippen LogP contribution is -2.17. The van der Waals surface area contributed by atoms with E-state index in [9.17, 15) is 0 Å². The third-order valence-electron chi connectivity index (χ3n) is 3.77. The molecule has 4 N–H and O–H groups in total. The Bertz CT molecular complexity index is 861. The summed E-state index contributed by atoms with van der Waals surface area (Å²) in [4.78, 5) is 8.93. The Balaban J connectivity index is 2.45. The van der Waals surface area contributed by atoms with Crippen molar-refractivity contribution in [1.29, 1.82) is 10.8 Å². The standard InChI is InChI=1S/C19H25N7O/c1-5-27-19-15(7-6-8-23-19)17-9-16(12(2)18(26-17)13(3)20)24-10-14(21)11-25-22-4/h6-9,11,20-22H,5,10H2,1-4H3,(H,24,26)/b20-13?,21-14?,25-11-. The fourth-order valence-corrected chi connectivity index (χ4v) is 2.51. The second-order valence-electron chi connectivity index (χ2n) is 5.80. The Kier molecular flexibility index (Phi) is 6.99. The average molecular weight is 367 g/mol. The van der Waals surface area contributed by atoms with Crippen molar-refractivity contribution < 1.29 is 4.74 Å². The fourth-order valence-electron chi connectivity index (χ4n) is 2.51. The minimum absolute atomic E-state index is 0.303. The van der Waals surface area contributed by atoms with Gasteiger partial charge in [0.2, 0.25) is 5.88 Å². The first-order valence-electron chi connectivity index (χ1n) is 8.64. The van der Waals surface area contributed by atoms with E-state index in [4.69, 9.17) is 15.6 Å². The lowest BCUT2D eigenvalue weighted by Gasteiger charge is -2.16. The van der Waals surface area contributed by atoms with E-state index in [0.717, 1.165) is 16.8 Å². The maximum atomic E-state index is 8.07. The van der Waals surface area contributed by atoms with E-state index < -0.39 is 0 Å². The second-order valence-corrected chi connectivity index (χ2v) is 5.80. The summed E-state index contributed by atoms with van der Waals surface area (Å²) in [5, 5.41) is 23.1. The van der Waals surface area contributed by atoms with Crippen LogP contribution in [0.15, 0.2) is 29.5 Å². The van der Waals surface area contributed by atoms with Crippen molar-refractivity contribution in [2.24, 2.45) is 5.10 Å². The van der Waals surface area contributed by atoms with Crippen molar-refractivity contribution in [1.82, 2.24) is 15.4 Å². The number of hydrazone groups is 1. The van der Waals surface area contributed by atoms with Crippen molar-refractivity contribution in [2.75, 3.05) is 25.5 Å². The van der Waals surface area contributed by atoms with Crippen molar-refractivity contribution in [2.45, 2.75) is 20.8 Å².